The van der Waals surface area contributed by atoms with Crippen LogP contribution in [0, 0.1) is 23.7 Å². The van der Waals surface area contributed by atoms with Crippen molar-refractivity contribution in [2.75, 3.05) is 19.8 Å². The fraction of sp³-hybridized carbons (Fsp3) is 1.00. The minimum absolute atomic E-state index is 0.814. The lowest BCUT2D eigenvalue weighted by Crippen LogP contribution is -2.42. The van der Waals surface area contributed by atoms with Crippen molar-refractivity contribution in [1.82, 2.24) is 5.32 Å². The molecular formula is C15H27NO. The van der Waals surface area contributed by atoms with Gasteiger partial charge >= 0.3 is 0 Å². The summed E-state index contributed by atoms with van der Waals surface area (Å²) >= 11 is 0. The number of fused-ring (bicyclic) bond motifs is 1. The van der Waals surface area contributed by atoms with Crippen molar-refractivity contribution in [1.29, 1.82) is 0 Å². The molecule has 3 unspecified atom stereocenters. The summed E-state index contributed by atoms with van der Waals surface area (Å²) in [5, 5.41) is 3.87. The fourth-order valence-electron chi connectivity index (χ4n) is 4.41. The summed E-state index contributed by atoms with van der Waals surface area (Å²) in [6.07, 6.45) is 8.38. The minimum atomic E-state index is 0.814. The van der Waals surface area contributed by atoms with Gasteiger partial charge in [-0.15, -0.1) is 0 Å². The predicted molar refractivity (Wildman–Crippen MR) is 69.9 cm³/mol. The first kappa shape index (κ1) is 12.0. The van der Waals surface area contributed by atoms with Crippen LogP contribution in [0.4, 0.5) is 0 Å². The van der Waals surface area contributed by atoms with Gasteiger partial charge in [0.25, 0.3) is 0 Å². The molecule has 0 bridgehead atoms. The van der Waals surface area contributed by atoms with Gasteiger partial charge in [0.2, 0.25) is 0 Å². The average Bonchev–Trinajstić information content (AvgIpc) is 2.85. The number of hydrogen-bond acceptors (Lipinski definition) is 2. The summed E-state index contributed by atoms with van der Waals surface area (Å²) in [6, 6.07) is 0.814. The second kappa shape index (κ2) is 5.27. The van der Waals surface area contributed by atoms with Gasteiger partial charge in [-0.2, -0.15) is 0 Å². The van der Waals surface area contributed by atoms with E-state index in [9.17, 15) is 0 Å². The van der Waals surface area contributed by atoms with Gasteiger partial charge in [0.05, 0.1) is 0 Å². The summed E-state index contributed by atoms with van der Waals surface area (Å²) in [4.78, 5) is 0. The van der Waals surface area contributed by atoms with Crippen LogP contribution >= 0.6 is 0 Å². The molecule has 0 aromatic heterocycles. The molecule has 1 N–H and O–H groups in total. The maximum atomic E-state index is 5.52. The molecule has 1 saturated heterocycles. The summed E-state index contributed by atoms with van der Waals surface area (Å²) in [5.41, 5.74) is 0. The standard InChI is InChI=1S/C15H27NO/c1-2-8-16-15(11-6-9-17-10-7-11)14-12-4-3-5-13(12)14/h11-16H,2-10H2,1H3. The van der Waals surface area contributed by atoms with E-state index < -0.39 is 0 Å². The molecule has 0 aromatic carbocycles. The van der Waals surface area contributed by atoms with Crippen molar-refractivity contribution in [2.45, 2.75) is 51.5 Å². The van der Waals surface area contributed by atoms with E-state index in [-0.39, 0.29) is 0 Å². The maximum Gasteiger partial charge on any atom is 0.0469 e. The minimum Gasteiger partial charge on any atom is -0.381 e. The van der Waals surface area contributed by atoms with Crippen LogP contribution in [0.5, 0.6) is 0 Å². The Morgan fingerprint density at radius 1 is 1.12 bits per heavy atom. The van der Waals surface area contributed by atoms with Crippen molar-refractivity contribution < 1.29 is 4.74 Å². The van der Waals surface area contributed by atoms with E-state index >= 15 is 0 Å². The van der Waals surface area contributed by atoms with Crippen LogP contribution in [0.2, 0.25) is 0 Å². The van der Waals surface area contributed by atoms with Crippen LogP contribution in [0.25, 0.3) is 0 Å². The van der Waals surface area contributed by atoms with Gasteiger partial charge in [-0.3, -0.25) is 0 Å². The largest absolute Gasteiger partial charge is 0.381 e. The van der Waals surface area contributed by atoms with Crippen molar-refractivity contribution in [3.05, 3.63) is 0 Å². The number of ether oxygens (including phenoxy) is 1. The molecule has 1 heterocycles. The van der Waals surface area contributed by atoms with Crippen LogP contribution in [0.1, 0.15) is 45.4 Å². The zero-order valence-corrected chi connectivity index (χ0v) is 11.2. The van der Waals surface area contributed by atoms with Gasteiger partial charge in [-0.1, -0.05) is 13.3 Å². The predicted octanol–water partition coefficient (Wildman–Crippen LogP) is 2.83. The lowest BCUT2D eigenvalue weighted by atomic mass is 9.86. The van der Waals surface area contributed by atoms with Gasteiger partial charge in [0, 0.05) is 19.3 Å². The van der Waals surface area contributed by atoms with E-state index in [2.05, 4.69) is 12.2 Å². The lowest BCUT2D eigenvalue weighted by molar-refractivity contribution is 0.0487. The molecule has 3 rings (SSSR count). The molecule has 3 atom stereocenters. The van der Waals surface area contributed by atoms with Crippen molar-refractivity contribution in [3.63, 3.8) is 0 Å². The Kier molecular flexibility index (Phi) is 3.72. The quantitative estimate of drug-likeness (QED) is 0.794. The molecule has 0 aromatic rings. The highest BCUT2D eigenvalue weighted by molar-refractivity contribution is 5.07. The van der Waals surface area contributed by atoms with Gasteiger partial charge in [-0.05, 0) is 62.3 Å². The van der Waals surface area contributed by atoms with Gasteiger partial charge < -0.3 is 10.1 Å². The van der Waals surface area contributed by atoms with Crippen LogP contribution in [-0.4, -0.2) is 25.8 Å². The van der Waals surface area contributed by atoms with E-state index in [4.69, 9.17) is 4.74 Å². The summed E-state index contributed by atoms with van der Waals surface area (Å²) in [5.74, 6) is 4.10. The third-order valence-corrected chi connectivity index (χ3v) is 5.29. The number of nitrogens with one attached hydrogen (secondary N) is 1. The zero-order chi connectivity index (χ0) is 11.7. The topological polar surface area (TPSA) is 21.3 Å². The molecule has 98 valence electrons. The molecule has 0 radical (unpaired) electrons. The van der Waals surface area contributed by atoms with E-state index in [1.54, 1.807) is 0 Å². The molecule has 2 aliphatic carbocycles. The summed E-state index contributed by atoms with van der Waals surface area (Å²) in [6.45, 7) is 5.48. The molecule has 3 fully saturated rings. The highest BCUT2D eigenvalue weighted by Crippen LogP contribution is 2.60. The van der Waals surface area contributed by atoms with Crippen molar-refractivity contribution in [3.8, 4) is 0 Å². The number of rotatable bonds is 5. The highest BCUT2D eigenvalue weighted by Gasteiger charge is 2.56. The first-order valence-electron chi connectivity index (χ1n) is 7.73. The smallest absolute Gasteiger partial charge is 0.0469 e. The fourth-order valence-corrected chi connectivity index (χ4v) is 4.41. The highest BCUT2D eigenvalue weighted by atomic mass is 16.5. The van der Waals surface area contributed by atoms with E-state index in [0.29, 0.717) is 0 Å². The second-order valence-electron chi connectivity index (χ2n) is 6.27. The van der Waals surface area contributed by atoms with Gasteiger partial charge in [0.1, 0.15) is 0 Å². The molecule has 0 spiro atoms. The van der Waals surface area contributed by atoms with Crippen LogP contribution in [0.15, 0.2) is 0 Å². The van der Waals surface area contributed by atoms with E-state index in [1.165, 1.54) is 45.1 Å². The summed E-state index contributed by atoms with van der Waals surface area (Å²) < 4.78 is 5.52. The van der Waals surface area contributed by atoms with Crippen LogP contribution in [0.3, 0.4) is 0 Å². The van der Waals surface area contributed by atoms with Crippen LogP contribution in [-0.2, 0) is 4.74 Å². The second-order valence-corrected chi connectivity index (χ2v) is 6.27. The molecule has 17 heavy (non-hydrogen) atoms. The zero-order valence-electron chi connectivity index (χ0n) is 11.2. The third-order valence-electron chi connectivity index (χ3n) is 5.29. The SMILES string of the molecule is CCCNC(C1CCOCC1)C1C2CCCC21. The average molecular weight is 237 g/mol. The Balaban J connectivity index is 1.60. The van der Waals surface area contributed by atoms with Gasteiger partial charge in [0.15, 0.2) is 0 Å². The first-order valence-corrected chi connectivity index (χ1v) is 7.73. The molecule has 1 aliphatic heterocycles. The molecule has 3 aliphatic rings. The first-order chi connectivity index (χ1) is 8.42. The Bertz CT molecular complexity index is 237. The summed E-state index contributed by atoms with van der Waals surface area (Å²) in [7, 11) is 0. The van der Waals surface area contributed by atoms with E-state index in [1.807, 2.05) is 0 Å². The number of hydrogen-bond donors (Lipinski definition) is 1. The Morgan fingerprint density at radius 2 is 1.82 bits per heavy atom. The molecule has 2 nitrogen and oxygen atoms in total. The van der Waals surface area contributed by atoms with Gasteiger partial charge in [-0.25, -0.2) is 0 Å². The Labute approximate surface area is 105 Å². The molecular weight excluding hydrogens is 210 g/mol. The van der Waals surface area contributed by atoms with Crippen molar-refractivity contribution in [2.24, 2.45) is 23.7 Å². The van der Waals surface area contributed by atoms with E-state index in [0.717, 1.165) is 42.9 Å². The lowest BCUT2D eigenvalue weighted by Gasteiger charge is -2.32. The van der Waals surface area contributed by atoms with Crippen LogP contribution < -0.4 is 5.32 Å². The van der Waals surface area contributed by atoms with Crippen molar-refractivity contribution >= 4 is 0 Å². The maximum absolute atomic E-state index is 5.52. The molecule has 2 saturated carbocycles. The Hall–Kier alpha value is -0.0800. The third kappa shape index (κ3) is 2.39. The Morgan fingerprint density at radius 3 is 2.47 bits per heavy atom. The molecule has 2 heteroatoms. The normalized spacial score (nSPS) is 39.0. The monoisotopic (exact) mass is 237 g/mol. The molecule has 0 amide bonds.